The van der Waals surface area contributed by atoms with Crippen LogP contribution < -0.4 is 0 Å². The van der Waals surface area contributed by atoms with Gasteiger partial charge in [-0.05, 0) is 36.2 Å². The van der Waals surface area contributed by atoms with Crippen LogP contribution in [0, 0.1) is 0 Å². The first-order valence-electron chi connectivity index (χ1n) is 6.69. The second-order valence-electron chi connectivity index (χ2n) is 5.03. The fraction of sp³-hybridized carbons (Fsp3) is 0.250. The van der Waals surface area contributed by atoms with Crippen molar-refractivity contribution in [2.24, 2.45) is 0 Å². The average Bonchev–Trinajstić information content (AvgIpc) is 2.97. The molecule has 4 heteroatoms. The molecule has 3 rings (SSSR count). The molecule has 20 heavy (non-hydrogen) atoms. The number of halogens is 1. The normalized spacial score (nSPS) is 18.2. The van der Waals surface area contributed by atoms with Crippen molar-refractivity contribution in [1.82, 2.24) is 9.88 Å². The first-order chi connectivity index (χ1) is 9.74. The summed E-state index contributed by atoms with van der Waals surface area (Å²) in [5, 5.41) is 0. The Morgan fingerprint density at radius 2 is 2.20 bits per heavy atom. The zero-order valence-electron chi connectivity index (χ0n) is 11.0. The third-order valence-electron chi connectivity index (χ3n) is 3.70. The summed E-state index contributed by atoms with van der Waals surface area (Å²) in [7, 11) is 0. The maximum atomic E-state index is 12.4. The molecule has 2 aromatic rings. The lowest BCUT2D eigenvalue weighted by molar-refractivity contribution is 0.0790. The summed E-state index contributed by atoms with van der Waals surface area (Å²) >= 11 is 3.50. The van der Waals surface area contributed by atoms with Gasteiger partial charge in [0, 0.05) is 35.9 Å². The van der Waals surface area contributed by atoms with E-state index in [4.69, 9.17) is 0 Å². The standard InChI is InChI=1S/C16H15BrN2O/c17-15-5-1-3-12(9-15)14-6-8-19(11-14)16(20)13-4-2-7-18-10-13/h1-5,7,9-10,14H,6,8,11H2. The average molecular weight is 331 g/mol. The summed E-state index contributed by atoms with van der Waals surface area (Å²) in [6.07, 6.45) is 4.34. The number of amides is 1. The van der Waals surface area contributed by atoms with Crippen molar-refractivity contribution in [1.29, 1.82) is 0 Å². The van der Waals surface area contributed by atoms with E-state index in [1.54, 1.807) is 18.5 Å². The molecule has 1 aromatic heterocycles. The molecular formula is C16H15BrN2O. The van der Waals surface area contributed by atoms with Gasteiger partial charge in [0.25, 0.3) is 5.91 Å². The molecule has 1 fully saturated rings. The van der Waals surface area contributed by atoms with Crippen LogP contribution in [-0.2, 0) is 0 Å². The zero-order chi connectivity index (χ0) is 13.9. The van der Waals surface area contributed by atoms with E-state index in [1.807, 2.05) is 23.1 Å². The number of carbonyl (C=O) groups is 1. The van der Waals surface area contributed by atoms with Crippen LogP contribution in [0.4, 0.5) is 0 Å². The van der Waals surface area contributed by atoms with Gasteiger partial charge in [0.1, 0.15) is 0 Å². The Kier molecular flexibility index (Phi) is 3.83. The van der Waals surface area contributed by atoms with Gasteiger partial charge in [-0.2, -0.15) is 0 Å². The van der Waals surface area contributed by atoms with Crippen molar-refractivity contribution in [3.05, 3.63) is 64.4 Å². The Labute approximate surface area is 126 Å². The first kappa shape index (κ1) is 13.3. The van der Waals surface area contributed by atoms with Crippen LogP contribution in [0.1, 0.15) is 28.3 Å². The number of hydrogen-bond acceptors (Lipinski definition) is 2. The van der Waals surface area contributed by atoms with E-state index >= 15 is 0 Å². The third-order valence-corrected chi connectivity index (χ3v) is 4.20. The maximum absolute atomic E-state index is 12.4. The van der Waals surface area contributed by atoms with E-state index in [9.17, 15) is 4.79 Å². The fourth-order valence-corrected chi connectivity index (χ4v) is 3.07. The Hall–Kier alpha value is -1.68. The highest BCUT2D eigenvalue weighted by molar-refractivity contribution is 9.10. The highest BCUT2D eigenvalue weighted by Crippen LogP contribution is 2.29. The van der Waals surface area contributed by atoms with Gasteiger partial charge in [0.05, 0.1) is 5.56 Å². The molecule has 0 aliphatic carbocycles. The molecule has 1 unspecified atom stereocenters. The highest BCUT2D eigenvalue weighted by Gasteiger charge is 2.27. The summed E-state index contributed by atoms with van der Waals surface area (Å²) in [6.45, 7) is 1.59. The largest absolute Gasteiger partial charge is 0.338 e. The van der Waals surface area contributed by atoms with E-state index in [-0.39, 0.29) is 5.91 Å². The lowest BCUT2D eigenvalue weighted by Crippen LogP contribution is -2.28. The van der Waals surface area contributed by atoms with Crippen LogP contribution >= 0.6 is 15.9 Å². The van der Waals surface area contributed by atoms with Gasteiger partial charge >= 0.3 is 0 Å². The van der Waals surface area contributed by atoms with E-state index in [0.717, 1.165) is 24.0 Å². The smallest absolute Gasteiger partial charge is 0.255 e. The molecule has 0 N–H and O–H groups in total. The van der Waals surface area contributed by atoms with Gasteiger partial charge in [-0.1, -0.05) is 28.1 Å². The van der Waals surface area contributed by atoms with Crippen molar-refractivity contribution in [2.75, 3.05) is 13.1 Å². The van der Waals surface area contributed by atoms with E-state index in [0.29, 0.717) is 11.5 Å². The van der Waals surface area contributed by atoms with Crippen molar-refractivity contribution in [2.45, 2.75) is 12.3 Å². The van der Waals surface area contributed by atoms with E-state index in [2.05, 4.69) is 33.0 Å². The van der Waals surface area contributed by atoms with Gasteiger partial charge in [0.2, 0.25) is 0 Å². The molecule has 3 nitrogen and oxygen atoms in total. The van der Waals surface area contributed by atoms with Crippen molar-refractivity contribution < 1.29 is 4.79 Å². The number of rotatable bonds is 2. The molecule has 1 aliphatic heterocycles. The summed E-state index contributed by atoms with van der Waals surface area (Å²) in [4.78, 5) is 18.3. The SMILES string of the molecule is O=C(c1cccnc1)N1CCC(c2cccc(Br)c2)C1. The minimum atomic E-state index is 0.0793. The van der Waals surface area contributed by atoms with Crippen LogP contribution in [0.2, 0.25) is 0 Å². The molecule has 1 atom stereocenters. The number of aromatic nitrogens is 1. The first-order valence-corrected chi connectivity index (χ1v) is 7.48. The monoisotopic (exact) mass is 330 g/mol. The minimum Gasteiger partial charge on any atom is -0.338 e. The van der Waals surface area contributed by atoms with Crippen molar-refractivity contribution in [3.63, 3.8) is 0 Å². The number of likely N-dealkylation sites (tertiary alicyclic amines) is 1. The quantitative estimate of drug-likeness (QED) is 0.844. The second-order valence-corrected chi connectivity index (χ2v) is 5.95. The second kappa shape index (κ2) is 5.75. The lowest BCUT2D eigenvalue weighted by atomic mass is 9.99. The lowest BCUT2D eigenvalue weighted by Gasteiger charge is -2.16. The molecule has 1 amide bonds. The Balaban J connectivity index is 1.72. The number of benzene rings is 1. The van der Waals surface area contributed by atoms with Crippen molar-refractivity contribution >= 4 is 21.8 Å². The molecule has 0 saturated carbocycles. The number of nitrogens with zero attached hydrogens (tertiary/aromatic N) is 2. The van der Waals surface area contributed by atoms with Crippen LogP contribution in [0.15, 0.2) is 53.3 Å². The van der Waals surface area contributed by atoms with Crippen LogP contribution in [0.5, 0.6) is 0 Å². The van der Waals surface area contributed by atoms with Gasteiger partial charge < -0.3 is 4.90 Å². The molecule has 102 valence electrons. The van der Waals surface area contributed by atoms with Gasteiger partial charge in [0.15, 0.2) is 0 Å². The molecule has 1 aromatic carbocycles. The fourth-order valence-electron chi connectivity index (χ4n) is 2.65. The minimum absolute atomic E-state index is 0.0793. The Morgan fingerprint density at radius 1 is 1.30 bits per heavy atom. The van der Waals surface area contributed by atoms with Crippen LogP contribution in [-0.4, -0.2) is 28.9 Å². The predicted octanol–water partition coefficient (Wildman–Crippen LogP) is 3.47. The van der Waals surface area contributed by atoms with E-state index < -0.39 is 0 Å². The van der Waals surface area contributed by atoms with Crippen LogP contribution in [0.3, 0.4) is 0 Å². The Bertz CT molecular complexity index is 615. The summed E-state index contributed by atoms with van der Waals surface area (Å²) < 4.78 is 1.09. The maximum Gasteiger partial charge on any atom is 0.255 e. The molecule has 0 radical (unpaired) electrons. The molecule has 1 saturated heterocycles. The molecule has 1 aliphatic rings. The zero-order valence-corrected chi connectivity index (χ0v) is 12.6. The van der Waals surface area contributed by atoms with Gasteiger partial charge in [-0.25, -0.2) is 0 Å². The number of pyridine rings is 1. The predicted molar refractivity (Wildman–Crippen MR) is 81.6 cm³/mol. The van der Waals surface area contributed by atoms with E-state index in [1.165, 1.54) is 5.56 Å². The summed E-state index contributed by atoms with van der Waals surface area (Å²) in [5.74, 6) is 0.503. The summed E-state index contributed by atoms with van der Waals surface area (Å²) in [5.41, 5.74) is 1.96. The third kappa shape index (κ3) is 2.75. The van der Waals surface area contributed by atoms with Gasteiger partial charge in [-0.15, -0.1) is 0 Å². The Morgan fingerprint density at radius 3 is 2.95 bits per heavy atom. The molecule has 2 heterocycles. The molecular weight excluding hydrogens is 316 g/mol. The molecule has 0 spiro atoms. The number of carbonyl (C=O) groups excluding carboxylic acids is 1. The van der Waals surface area contributed by atoms with Gasteiger partial charge in [-0.3, -0.25) is 9.78 Å². The highest BCUT2D eigenvalue weighted by atomic mass is 79.9. The summed E-state index contributed by atoms with van der Waals surface area (Å²) in [6, 6.07) is 12.0. The topological polar surface area (TPSA) is 33.2 Å². The van der Waals surface area contributed by atoms with Crippen molar-refractivity contribution in [3.8, 4) is 0 Å². The van der Waals surface area contributed by atoms with Crippen LogP contribution in [0.25, 0.3) is 0 Å². The number of hydrogen-bond donors (Lipinski definition) is 0. The molecule has 0 bridgehead atoms.